The Morgan fingerprint density at radius 2 is 1.65 bits per heavy atom. The third-order valence-electron chi connectivity index (χ3n) is 8.39. The fraction of sp³-hybridized carbons (Fsp3) is 0.406. The zero-order chi connectivity index (χ0) is 25.9. The molecular weight excluding hydrogens is 460 g/mol. The molecule has 5 unspecified atom stereocenters. The molecule has 3 aromatic rings. The lowest BCUT2D eigenvalue weighted by Crippen LogP contribution is -2.67. The number of aliphatic carboxylic acids is 1. The molecule has 5 nitrogen and oxygen atoms in total. The Bertz CT molecular complexity index is 1160. The number of hydrogen-bond donors (Lipinski definition) is 2. The molecule has 0 amide bonds. The first-order valence-corrected chi connectivity index (χ1v) is 13.5. The van der Waals surface area contributed by atoms with E-state index in [2.05, 4.69) is 96.9 Å². The van der Waals surface area contributed by atoms with Gasteiger partial charge in [-0.1, -0.05) is 86.6 Å². The van der Waals surface area contributed by atoms with E-state index in [-0.39, 0.29) is 24.0 Å². The minimum atomic E-state index is -0.704. The van der Waals surface area contributed by atoms with E-state index in [1.165, 1.54) is 16.7 Å². The predicted molar refractivity (Wildman–Crippen MR) is 147 cm³/mol. The van der Waals surface area contributed by atoms with E-state index >= 15 is 0 Å². The molecule has 6 rings (SSSR count). The Balaban J connectivity index is 1.48. The van der Waals surface area contributed by atoms with E-state index < -0.39 is 11.9 Å². The molecule has 194 valence electrons. The van der Waals surface area contributed by atoms with Crippen LogP contribution in [0, 0.1) is 11.8 Å². The number of nitrogens with zero attached hydrogens (tertiary/aromatic N) is 1. The van der Waals surface area contributed by atoms with Crippen LogP contribution < -0.4 is 10.1 Å². The highest BCUT2D eigenvalue weighted by Gasteiger charge is 2.52. The molecule has 3 aliphatic rings. The van der Waals surface area contributed by atoms with Gasteiger partial charge in [-0.15, -0.1) is 0 Å². The molecule has 3 heterocycles. The minimum Gasteiger partial charge on any atom is -0.496 e. The van der Waals surface area contributed by atoms with Gasteiger partial charge in [-0.25, -0.2) is 0 Å². The van der Waals surface area contributed by atoms with E-state index in [0.29, 0.717) is 12.5 Å². The maximum atomic E-state index is 12.6. The van der Waals surface area contributed by atoms with Crippen LogP contribution in [0.2, 0.25) is 0 Å². The van der Waals surface area contributed by atoms with Crippen LogP contribution in [0.15, 0.2) is 78.9 Å². The number of methoxy groups -OCH3 is 1. The van der Waals surface area contributed by atoms with Crippen molar-refractivity contribution in [2.24, 2.45) is 11.8 Å². The number of benzene rings is 3. The SMILES string of the molecule is COc1ccc(C(C)C)cc1CNC1C(C(=O)O)C2CCN1C(C(c1ccccc1)c1ccccc1)C2. The zero-order valence-corrected chi connectivity index (χ0v) is 22.0. The summed E-state index contributed by atoms with van der Waals surface area (Å²) in [6.07, 6.45) is 1.57. The molecule has 2 N–H and O–H groups in total. The van der Waals surface area contributed by atoms with Gasteiger partial charge in [-0.3, -0.25) is 15.0 Å². The van der Waals surface area contributed by atoms with Crippen LogP contribution in [-0.2, 0) is 11.3 Å². The fourth-order valence-corrected chi connectivity index (χ4v) is 6.56. The van der Waals surface area contributed by atoms with Crippen LogP contribution in [0.5, 0.6) is 5.75 Å². The van der Waals surface area contributed by atoms with Crippen molar-refractivity contribution in [1.29, 1.82) is 0 Å². The smallest absolute Gasteiger partial charge is 0.309 e. The van der Waals surface area contributed by atoms with Gasteiger partial charge in [-0.05, 0) is 47.4 Å². The summed E-state index contributed by atoms with van der Waals surface area (Å²) in [6, 6.07) is 27.9. The van der Waals surface area contributed by atoms with Crippen LogP contribution in [0.25, 0.3) is 0 Å². The second-order valence-corrected chi connectivity index (χ2v) is 10.8. The van der Waals surface area contributed by atoms with Crippen molar-refractivity contribution in [3.8, 4) is 5.75 Å². The van der Waals surface area contributed by atoms with Crippen molar-refractivity contribution in [3.63, 3.8) is 0 Å². The maximum absolute atomic E-state index is 12.6. The van der Waals surface area contributed by atoms with E-state index in [4.69, 9.17) is 4.74 Å². The van der Waals surface area contributed by atoms with Crippen molar-refractivity contribution in [1.82, 2.24) is 10.2 Å². The van der Waals surface area contributed by atoms with E-state index in [1.807, 2.05) is 6.07 Å². The van der Waals surface area contributed by atoms with E-state index in [9.17, 15) is 9.90 Å². The highest BCUT2D eigenvalue weighted by molar-refractivity contribution is 5.71. The minimum absolute atomic E-state index is 0.142. The molecule has 3 fully saturated rings. The summed E-state index contributed by atoms with van der Waals surface area (Å²) in [5.41, 5.74) is 4.88. The van der Waals surface area contributed by atoms with Crippen LogP contribution in [0.4, 0.5) is 0 Å². The lowest BCUT2D eigenvalue weighted by atomic mass is 9.68. The number of fused-ring (bicyclic) bond motifs is 3. The summed E-state index contributed by atoms with van der Waals surface area (Å²) in [4.78, 5) is 15.0. The number of ether oxygens (including phenoxy) is 1. The molecule has 5 heteroatoms. The first-order valence-electron chi connectivity index (χ1n) is 13.5. The monoisotopic (exact) mass is 498 g/mol. The lowest BCUT2D eigenvalue weighted by Gasteiger charge is -2.56. The van der Waals surface area contributed by atoms with Gasteiger partial charge in [-0.2, -0.15) is 0 Å². The average molecular weight is 499 g/mol. The molecule has 0 aromatic heterocycles. The molecule has 0 spiro atoms. The molecule has 3 saturated heterocycles. The summed E-state index contributed by atoms with van der Waals surface area (Å²) >= 11 is 0. The highest BCUT2D eigenvalue weighted by Crippen LogP contribution is 2.46. The highest BCUT2D eigenvalue weighted by atomic mass is 16.5. The van der Waals surface area contributed by atoms with Gasteiger partial charge in [0.2, 0.25) is 0 Å². The molecule has 3 aromatic carbocycles. The second kappa shape index (κ2) is 11.1. The Morgan fingerprint density at radius 1 is 1.00 bits per heavy atom. The summed E-state index contributed by atoms with van der Waals surface area (Å²) in [5.74, 6) is 0.434. The zero-order valence-electron chi connectivity index (χ0n) is 22.0. The van der Waals surface area contributed by atoms with Gasteiger partial charge in [0.25, 0.3) is 0 Å². The van der Waals surface area contributed by atoms with Crippen molar-refractivity contribution < 1.29 is 14.6 Å². The van der Waals surface area contributed by atoms with E-state index in [0.717, 1.165) is 30.7 Å². The van der Waals surface area contributed by atoms with Gasteiger partial charge in [0.15, 0.2) is 0 Å². The number of carboxylic acids is 1. The number of rotatable bonds is 9. The number of nitrogens with one attached hydrogen (secondary N) is 1. The van der Waals surface area contributed by atoms with Crippen molar-refractivity contribution in [3.05, 3.63) is 101 Å². The van der Waals surface area contributed by atoms with Crippen LogP contribution in [0.1, 0.15) is 60.8 Å². The van der Waals surface area contributed by atoms with Gasteiger partial charge in [0.05, 0.1) is 19.2 Å². The van der Waals surface area contributed by atoms with Crippen molar-refractivity contribution in [2.45, 2.75) is 57.3 Å². The van der Waals surface area contributed by atoms with Gasteiger partial charge < -0.3 is 9.84 Å². The number of hydrogen-bond acceptors (Lipinski definition) is 4. The predicted octanol–water partition coefficient (Wildman–Crippen LogP) is 5.86. The van der Waals surface area contributed by atoms with Gasteiger partial charge >= 0.3 is 5.97 Å². The average Bonchev–Trinajstić information content (AvgIpc) is 2.93. The largest absolute Gasteiger partial charge is 0.496 e. The standard InChI is InChI=1S/C32H38N2O3/c1-21(2)24-14-15-28(37-3)26(18-24)20-33-31-30(32(35)36)25-16-17-34(31)27(19-25)29(22-10-6-4-7-11-22)23-12-8-5-9-13-23/h4-15,18,21,25,27,29-31,33H,16-17,19-20H2,1-3H3,(H,35,36). The summed E-state index contributed by atoms with van der Waals surface area (Å²) in [6.45, 7) is 5.83. The molecule has 5 atom stereocenters. The van der Waals surface area contributed by atoms with Gasteiger partial charge in [0.1, 0.15) is 5.75 Å². The third kappa shape index (κ3) is 5.16. The first kappa shape index (κ1) is 25.5. The summed E-state index contributed by atoms with van der Waals surface area (Å²) in [7, 11) is 1.69. The number of piperidine rings is 3. The fourth-order valence-electron chi connectivity index (χ4n) is 6.56. The summed E-state index contributed by atoms with van der Waals surface area (Å²) in [5, 5.41) is 14.0. The Hall–Kier alpha value is -3.15. The number of carbonyl (C=O) groups is 1. The van der Waals surface area contributed by atoms with Crippen LogP contribution in [-0.4, -0.2) is 41.8 Å². The Kier molecular flexibility index (Phi) is 7.63. The molecule has 0 radical (unpaired) electrons. The molecule has 0 saturated carbocycles. The third-order valence-corrected chi connectivity index (χ3v) is 8.39. The van der Waals surface area contributed by atoms with Gasteiger partial charge in [0, 0.05) is 30.6 Å². The van der Waals surface area contributed by atoms with Crippen LogP contribution >= 0.6 is 0 Å². The van der Waals surface area contributed by atoms with E-state index in [1.54, 1.807) is 7.11 Å². The molecule has 3 aliphatic heterocycles. The molecule has 37 heavy (non-hydrogen) atoms. The van der Waals surface area contributed by atoms with Crippen LogP contribution in [0.3, 0.4) is 0 Å². The van der Waals surface area contributed by atoms with Crippen molar-refractivity contribution >= 4 is 5.97 Å². The number of carboxylic acid groups (broad SMARTS) is 1. The Morgan fingerprint density at radius 3 is 2.22 bits per heavy atom. The normalized spacial score (nSPS) is 24.9. The first-order chi connectivity index (χ1) is 18.0. The Labute approximate surface area is 220 Å². The second-order valence-electron chi connectivity index (χ2n) is 10.8. The van der Waals surface area contributed by atoms with Crippen molar-refractivity contribution in [2.75, 3.05) is 13.7 Å². The molecular formula is C32H38N2O3. The molecule has 2 bridgehead atoms. The topological polar surface area (TPSA) is 61.8 Å². The molecule has 0 aliphatic carbocycles. The maximum Gasteiger partial charge on any atom is 0.309 e. The summed E-state index contributed by atoms with van der Waals surface area (Å²) < 4.78 is 5.66. The lowest BCUT2D eigenvalue weighted by molar-refractivity contribution is -0.159. The quantitative estimate of drug-likeness (QED) is 0.387.